The summed E-state index contributed by atoms with van der Waals surface area (Å²) in [6.45, 7) is 0.288. The van der Waals surface area contributed by atoms with Crippen LogP contribution in [0.15, 0.2) is 36.4 Å². The van der Waals surface area contributed by atoms with Gasteiger partial charge in [0, 0.05) is 17.3 Å². The molecule has 0 aromatic heterocycles. The fourth-order valence-electron chi connectivity index (χ4n) is 3.56. The molecule has 1 N–H and O–H groups in total. The van der Waals surface area contributed by atoms with E-state index in [9.17, 15) is 9.59 Å². The minimum Gasteiger partial charge on any atom is -0.491 e. The molecule has 5 heteroatoms. The average molecular weight is 293 g/mol. The van der Waals surface area contributed by atoms with Crippen molar-refractivity contribution < 1.29 is 19.1 Å². The Balaban J connectivity index is 1.80. The number of amides is 1. The number of Topliss-reactive ketones (excluding diaryl/α,β-unsaturated/α-hetero) is 1. The van der Waals surface area contributed by atoms with E-state index in [4.69, 9.17) is 9.47 Å². The first kappa shape index (κ1) is 11.8. The van der Waals surface area contributed by atoms with Crippen LogP contribution in [0, 0.1) is 0 Å². The fourth-order valence-corrected chi connectivity index (χ4v) is 3.56. The molecule has 5 rings (SSSR count). The number of hydrogen-bond donors (Lipinski definition) is 1. The topological polar surface area (TPSA) is 64.6 Å². The SMILES string of the molecule is O=C1COc2cc3c(cc21)C1(CO3)C(=O)Nc2ccccc21. The minimum absolute atomic E-state index is 0.0496. The molecule has 1 unspecified atom stereocenters. The predicted octanol–water partition coefficient (Wildman–Crippen LogP) is 1.89. The van der Waals surface area contributed by atoms with Crippen molar-refractivity contribution in [2.45, 2.75) is 5.41 Å². The Kier molecular flexibility index (Phi) is 1.97. The van der Waals surface area contributed by atoms with Crippen LogP contribution in [0.2, 0.25) is 0 Å². The molecule has 5 nitrogen and oxygen atoms in total. The average Bonchev–Trinajstić information content (AvgIpc) is 3.16. The first-order chi connectivity index (χ1) is 10.7. The van der Waals surface area contributed by atoms with E-state index < -0.39 is 5.41 Å². The molecule has 0 radical (unpaired) electrons. The van der Waals surface area contributed by atoms with Crippen LogP contribution in [0.1, 0.15) is 21.5 Å². The predicted molar refractivity (Wildman–Crippen MR) is 77.6 cm³/mol. The molecule has 1 amide bonds. The maximum absolute atomic E-state index is 12.7. The van der Waals surface area contributed by atoms with E-state index >= 15 is 0 Å². The highest BCUT2D eigenvalue weighted by atomic mass is 16.5. The van der Waals surface area contributed by atoms with Crippen LogP contribution in [0.5, 0.6) is 11.5 Å². The Bertz CT molecular complexity index is 873. The summed E-state index contributed by atoms with van der Waals surface area (Å²) in [5.74, 6) is 0.970. The summed E-state index contributed by atoms with van der Waals surface area (Å²) in [5.41, 5.74) is 2.09. The molecule has 3 aliphatic rings. The van der Waals surface area contributed by atoms with Crippen molar-refractivity contribution in [3.05, 3.63) is 53.1 Å². The smallest absolute Gasteiger partial charge is 0.243 e. The lowest BCUT2D eigenvalue weighted by Crippen LogP contribution is -2.37. The number of carbonyl (C=O) groups is 2. The number of para-hydroxylation sites is 1. The van der Waals surface area contributed by atoms with Gasteiger partial charge in [-0.25, -0.2) is 0 Å². The molecule has 0 bridgehead atoms. The zero-order valence-corrected chi connectivity index (χ0v) is 11.5. The summed E-state index contributed by atoms with van der Waals surface area (Å²) in [4.78, 5) is 24.6. The Morgan fingerprint density at radius 1 is 1.00 bits per heavy atom. The third-order valence-corrected chi connectivity index (χ3v) is 4.67. The lowest BCUT2D eigenvalue weighted by molar-refractivity contribution is -0.119. The van der Waals surface area contributed by atoms with Crippen LogP contribution in [0.4, 0.5) is 5.69 Å². The Hall–Kier alpha value is -2.82. The monoisotopic (exact) mass is 293 g/mol. The normalized spacial score (nSPS) is 23.6. The molecule has 0 fully saturated rings. The van der Waals surface area contributed by atoms with Crippen molar-refractivity contribution in [1.82, 2.24) is 0 Å². The number of anilines is 1. The maximum Gasteiger partial charge on any atom is 0.243 e. The number of hydrogen-bond acceptors (Lipinski definition) is 4. The summed E-state index contributed by atoms with van der Waals surface area (Å²) >= 11 is 0. The molecule has 3 heterocycles. The van der Waals surface area contributed by atoms with Gasteiger partial charge in [0.25, 0.3) is 0 Å². The maximum atomic E-state index is 12.7. The minimum atomic E-state index is -0.871. The van der Waals surface area contributed by atoms with Crippen molar-refractivity contribution in [3.63, 3.8) is 0 Å². The first-order valence-corrected chi connectivity index (χ1v) is 7.08. The van der Waals surface area contributed by atoms with Crippen molar-refractivity contribution in [2.24, 2.45) is 0 Å². The molecular formula is C17H11NO4. The van der Waals surface area contributed by atoms with Crippen LogP contribution >= 0.6 is 0 Å². The number of nitrogens with one attached hydrogen (secondary N) is 1. The van der Waals surface area contributed by atoms with Gasteiger partial charge >= 0.3 is 0 Å². The van der Waals surface area contributed by atoms with Crippen LogP contribution in [0.25, 0.3) is 0 Å². The van der Waals surface area contributed by atoms with Gasteiger partial charge in [0.05, 0.1) is 5.56 Å². The summed E-state index contributed by atoms with van der Waals surface area (Å²) in [6.07, 6.45) is 0. The Morgan fingerprint density at radius 3 is 2.77 bits per heavy atom. The van der Waals surface area contributed by atoms with Gasteiger partial charge < -0.3 is 14.8 Å². The van der Waals surface area contributed by atoms with Crippen LogP contribution in [-0.2, 0) is 10.2 Å². The number of fused-ring (bicyclic) bond motifs is 5. The second-order valence-electron chi connectivity index (χ2n) is 5.75. The van der Waals surface area contributed by atoms with Gasteiger partial charge in [0.15, 0.2) is 6.61 Å². The van der Waals surface area contributed by atoms with E-state index in [1.165, 1.54) is 0 Å². The Labute approximate surface area is 125 Å². The number of ether oxygens (including phenoxy) is 2. The lowest BCUT2D eigenvalue weighted by Gasteiger charge is -2.20. The fraction of sp³-hybridized carbons (Fsp3) is 0.176. The van der Waals surface area contributed by atoms with Gasteiger partial charge in [-0.2, -0.15) is 0 Å². The van der Waals surface area contributed by atoms with Crippen molar-refractivity contribution in [1.29, 1.82) is 0 Å². The van der Waals surface area contributed by atoms with Gasteiger partial charge in [-0.1, -0.05) is 18.2 Å². The van der Waals surface area contributed by atoms with Crippen molar-refractivity contribution >= 4 is 17.4 Å². The van der Waals surface area contributed by atoms with Gasteiger partial charge in [0.2, 0.25) is 11.7 Å². The van der Waals surface area contributed by atoms with Gasteiger partial charge in [-0.3, -0.25) is 9.59 Å². The van der Waals surface area contributed by atoms with Gasteiger partial charge in [-0.05, 0) is 17.7 Å². The summed E-state index contributed by atoms with van der Waals surface area (Å²) in [7, 11) is 0. The molecule has 0 saturated heterocycles. The third-order valence-electron chi connectivity index (χ3n) is 4.67. The summed E-state index contributed by atoms with van der Waals surface area (Å²) in [6, 6.07) is 11.1. The van der Waals surface area contributed by atoms with Gasteiger partial charge in [0.1, 0.15) is 23.5 Å². The summed E-state index contributed by atoms with van der Waals surface area (Å²) < 4.78 is 11.1. The number of ketones is 1. The summed E-state index contributed by atoms with van der Waals surface area (Å²) in [5, 5.41) is 2.91. The third kappa shape index (κ3) is 1.20. The van der Waals surface area contributed by atoms with E-state index in [1.54, 1.807) is 12.1 Å². The zero-order valence-electron chi connectivity index (χ0n) is 11.5. The molecule has 1 atom stereocenters. The van der Waals surface area contributed by atoms with E-state index in [0.29, 0.717) is 17.1 Å². The molecule has 3 aliphatic heterocycles. The molecular weight excluding hydrogens is 282 g/mol. The van der Waals surface area contributed by atoms with Crippen LogP contribution in [-0.4, -0.2) is 24.9 Å². The van der Waals surface area contributed by atoms with Gasteiger partial charge in [-0.15, -0.1) is 0 Å². The highest BCUT2D eigenvalue weighted by Gasteiger charge is 2.54. The molecule has 2 aromatic rings. The van der Waals surface area contributed by atoms with E-state index in [2.05, 4.69) is 5.32 Å². The quantitative estimate of drug-likeness (QED) is 0.805. The van der Waals surface area contributed by atoms with Crippen molar-refractivity contribution in [2.75, 3.05) is 18.5 Å². The molecule has 22 heavy (non-hydrogen) atoms. The largest absolute Gasteiger partial charge is 0.491 e. The molecule has 1 spiro atoms. The Morgan fingerprint density at radius 2 is 1.86 bits per heavy atom. The van der Waals surface area contributed by atoms with Crippen LogP contribution < -0.4 is 14.8 Å². The standard InChI is InChI=1S/C17H11NO4/c19-13-7-21-14-6-15-11(5-9(13)14)17(8-22-15)10-3-1-2-4-12(10)18-16(17)20/h1-6H,7-8H2,(H,18,20). The number of rotatable bonds is 0. The molecule has 2 aromatic carbocycles. The van der Waals surface area contributed by atoms with E-state index in [1.807, 2.05) is 24.3 Å². The molecule has 108 valence electrons. The van der Waals surface area contributed by atoms with E-state index in [0.717, 1.165) is 16.8 Å². The number of benzene rings is 2. The van der Waals surface area contributed by atoms with Crippen molar-refractivity contribution in [3.8, 4) is 11.5 Å². The second-order valence-corrected chi connectivity index (χ2v) is 5.75. The zero-order chi connectivity index (χ0) is 14.9. The molecule has 0 aliphatic carbocycles. The lowest BCUT2D eigenvalue weighted by atomic mass is 9.76. The number of carbonyl (C=O) groups excluding carboxylic acids is 2. The second kappa shape index (κ2) is 3.68. The van der Waals surface area contributed by atoms with E-state index in [-0.39, 0.29) is 24.9 Å². The molecule has 0 saturated carbocycles. The highest BCUT2D eigenvalue weighted by Crippen LogP contribution is 2.51. The first-order valence-electron chi connectivity index (χ1n) is 7.08. The highest BCUT2D eigenvalue weighted by molar-refractivity contribution is 6.11. The van der Waals surface area contributed by atoms with Crippen LogP contribution in [0.3, 0.4) is 0 Å².